The molecule has 1 amide bonds. The lowest BCUT2D eigenvalue weighted by molar-refractivity contribution is 0.114. The third kappa shape index (κ3) is 3.56. The van der Waals surface area contributed by atoms with Crippen LogP contribution in [0.3, 0.4) is 0 Å². The monoisotopic (exact) mass is 387 g/mol. The first-order valence-corrected chi connectivity index (χ1v) is 9.05. The van der Waals surface area contributed by atoms with Gasteiger partial charge in [-0.15, -0.1) is 10.2 Å². The van der Waals surface area contributed by atoms with Gasteiger partial charge in [0.25, 0.3) is 0 Å². The van der Waals surface area contributed by atoms with E-state index in [4.69, 9.17) is 10.00 Å². The minimum Gasteiger partial charge on any atom is -0.442 e. The zero-order valence-electron chi connectivity index (χ0n) is 14.1. The van der Waals surface area contributed by atoms with E-state index in [2.05, 4.69) is 20.5 Å². The van der Waals surface area contributed by atoms with Crippen molar-refractivity contribution in [3.63, 3.8) is 0 Å². The van der Waals surface area contributed by atoms with E-state index in [1.807, 2.05) is 6.07 Å². The highest BCUT2D eigenvalue weighted by molar-refractivity contribution is 7.14. The molecule has 1 aromatic heterocycles. The summed E-state index contributed by atoms with van der Waals surface area (Å²) >= 11 is 1.17. The Balaban J connectivity index is 1.49. The smallest absolute Gasteiger partial charge is 0.414 e. The summed E-state index contributed by atoms with van der Waals surface area (Å²) in [6, 6.07) is 6.46. The number of halogens is 1. The van der Waals surface area contributed by atoms with E-state index < -0.39 is 11.9 Å². The normalized spacial score (nSPS) is 18.8. The van der Waals surface area contributed by atoms with E-state index in [0.717, 1.165) is 0 Å². The molecule has 0 radical (unpaired) electrons. The number of amides is 1. The molecule has 0 saturated carbocycles. The number of hydrogen-bond acceptors (Lipinski definition) is 9. The third-order valence-corrected chi connectivity index (χ3v) is 5.08. The van der Waals surface area contributed by atoms with Crippen molar-refractivity contribution in [2.45, 2.75) is 12.5 Å². The fourth-order valence-electron chi connectivity index (χ4n) is 2.88. The predicted octanol–water partition coefficient (Wildman–Crippen LogP) is 2.42. The highest BCUT2D eigenvalue weighted by atomic mass is 32.1. The number of nitrogens with zero attached hydrogens (tertiary/aromatic N) is 7. The molecule has 1 aromatic carbocycles. The van der Waals surface area contributed by atoms with Crippen LogP contribution >= 0.6 is 11.3 Å². The van der Waals surface area contributed by atoms with Crippen molar-refractivity contribution in [1.29, 1.82) is 5.26 Å². The van der Waals surface area contributed by atoms with Crippen LogP contribution in [0.25, 0.3) is 10.6 Å². The van der Waals surface area contributed by atoms with Gasteiger partial charge in [-0.3, -0.25) is 9.91 Å². The Hall–Kier alpha value is -3.13. The van der Waals surface area contributed by atoms with Crippen LogP contribution in [0, 0.1) is 17.1 Å². The summed E-state index contributed by atoms with van der Waals surface area (Å²) in [7, 11) is 0. The Morgan fingerprint density at radius 1 is 1.41 bits per heavy atom. The molecule has 0 aliphatic carbocycles. The predicted molar refractivity (Wildman–Crippen MR) is 93.5 cm³/mol. The van der Waals surface area contributed by atoms with Gasteiger partial charge in [-0.2, -0.15) is 10.4 Å². The number of hydrogen-bond donors (Lipinski definition) is 0. The molecule has 4 rings (SSSR count). The average molecular weight is 387 g/mol. The van der Waals surface area contributed by atoms with E-state index >= 15 is 0 Å². The molecule has 0 unspecified atom stereocenters. The zero-order chi connectivity index (χ0) is 18.8. The van der Waals surface area contributed by atoms with Gasteiger partial charge in [0.2, 0.25) is 0 Å². The molecule has 138 valence electrons. The number of rotatable bonds is 5. The minimum absolute atomic E-state index is 0.134. The molecule has 11 heteroatoms. The third-order valence-electron chi connectivity index (χ3n) is 4.13. The summed E-state index contributed by atoms with van der Waals surface area (Å²) in [6.07, 6.45) is -0.737. The van der Waals surface area contributed by atoms with Gasteiger partial charge in [-0.05, 0) is 18.2 Å². The van der Waals surface area contributed by atoms with Crippen LogP contribution in [0.2, 0.25) is 0 Å². The highest BCUT2D eigenvalue weighted by Gasteiger charge is 2.34. The molecule has 3 heterocycles. The fourth-order valence-corrected chi connectivity index (χ4v) is 3.67. The van der Waals surface area contributed by atoms with Crippen molar-refractivity contribution in [3.8, 4) is 16.6 Å². The standard InChI is InChI=1S/C16H14FN7O2S/c17-13-7-10(1-2-12(13)15-21-20-14(27-15)3-4-18)24-9-11(26-16(24)25)8-23-6-5-19-22-23/h1-2,7,11H,3,5-6,8-9H2/t11-/m0/s1. The Morgan fingerprint density at radius 3 is 3.04 bits per heavy atom. The van der Waals surface area contributed by atoms with Crippen molar-refractivity contribution in [2.24, 2.45) is 10.3 Å². The molecule has 9 nitrogen and oxygen atoms in total. The molecular formula is C16H14FN7O2S. The number of anilines is 1. The average Bonchev–Trinajstić information content (AvgIpc) is 3.38. The van der Waals surface area contributed by atoms with Crippen molar-refractivity contribution in [1.82, 2.24) is 15.2 Å². The number of carbonyl (C=O) groups is 1. The summed E-state index contributed by atoms with van der Waals surface area (Å²) < 4.78 is 19.9. The van der Waals surface area contributed by atoms with Crippen LogP contribution < -0.4 is 4.90 Å². The number of nitriles is 1. The molecule has 2 aliphatic rings. The minimum atomic E-state index is -0.518. The highest BCUT2D eigenvalue weighted by Crippen LogP contribution is 2.31. The van der Waals surface area contributed by atoms with E-state index in [1.54, 1.807) is 17.1 Å². The maximum absolute atomic E-state index is 14.6. The summed E-state index contributed by atoms with van der Waals surface area (Å²) in [6.45, 7) is 2.11. The quantitative estimate of drug-likeness (QED) is 0.780. The Morgan fingerprint density at radius 2 is 2.30 bits per heavy atom. The first-order chi connectivity index (χ1) is 13.1. The Labute approximate surface area is 157 Å². The number of ether oxygens (including phenoxy) is 1. The Kier molecular flexibility index (Phi) is 4.64. The van der Waals surface area contributed by atoms with Gasteiger partial charge in [0.15, 0.2) is 5.01 Å². The van der Waals surface area contributed by atoms with Gasteiger partial charge in [-0.25, -0.2) is 9.18 Å². The lowest BCUT2D eigenvalue weighted by Gasteiger charge is -2.16. The molecule has 0 spiro atoms. The van der Waals surface area contributed by atoms with E-state index in [1.165, 1.54) is 22.3 Å². The second-order valence-electron chi connectivity index (χ2n) is 5.98. The lowest BCUT2D eigenvalue weighted by atomic mass is 10.2. The number of cyclic esters (lactones) is 1. The SMILES string of the molecule is N#CCc1nnc(-c2ccc(N3C[C@H](CN4CCN=N4)OC3=O)cc2F)s1. The van der Waals surface area contributed by atoms with Crippen molar-refractivity contribution in [3.05, 3.63) is 29.0 Å². The second kappa shape index (κ2) is 7.24. The van der Waals surface area contributed by atoms with Crippen LogP contribution in [0.15, 0.2) is 28.5 Å². The molecule has 2 aromatic rings. The summed E-state index contributed by atoms with van der Waals surface area (Å²) in [5.41, 5.74) is 0.690. The second-order valence-corrected chi connectivity index (χ2v) is 7.05. The van der Waals surface area contributed by atoms with Crippen LogP contribution in [0.1, 0.15) is 5.01 Å². The van der Waals surface area contributed by atoms with Crippen molar-refractivity contribution >= 4 is 23.1 Å². The van der Waals surface area contributed by atoms with Crippen LogP contribution in [0.4, 0.5) is 14.9 Å². The molecule has 27 heavy (non-hydrogen) atoms. The summed E-state index contributed by atoms with van der Waals surface area (Å²) in [5.74, 6) is -0.517. The summed E-state index contributed by atoms with van der Waals surface area (Å²) in [5, 5.41) is 27.0. The summed E-state index contributed by atoms with van der Waals surface area (Å²) in [4.78, 5) is 13.6. The van der Waals surface area contributed by atoms with E-state index in [-0.39, 0.29) is 18.1 Å². The van der Waals surface area contributed by atoms with Gasteiger partial charge < -0.3 is 4.74 Å². The molecule has 1 saturated heterocycles. The van der Waals surface area contributed by atoms with Crippen LogP contribution in [0.5, 0.6) is 0 Å². The van der Waals surface area contributed by atoms with Gasteiger partial charge in [0.05, 0.1) is 44.4 Å². The van der Waals surface area contributed by atoms with Gasteiger partial charge in [-0.1, -0.05) is 16.6 Å². The fraction of sp³-hybridized carbons (Fsp3) is 0.375. The molecule has 2 aliphatic heterocycles. The number of aromatic nitrogens is 2. The number of benzene rings is 1. The first kappa shape index (κ1) is 17.3. The van der Waals surface area contributed by atoms with Gasteiger partial charge in [0.1, 0.15) is 16.9 Å². The van der Waals surface area contributed by atoms with E-state index in [0.29, 0.717) is 41.9 Å². The topological polar surface area (TPSA) is 107 Å². The molecule has 0 N–H and O–H groups in total. The number of carbonyl (C=O) groups excluding carboxylic acids is 1. The van der Waals surface area contributed by atoms with Crippen molar-refractivity contribution < 1.29 is 13.9 Å². The molecule has 1 fully saturated rings. The lowest BCUT2D eigenvalue weighted by Crippen LogP contribution is -2.31. The van der Waals surface area contributed by atoms with Gasteiger partial charge >= 0.3 is 6.09 Å². The zero-order valence-corrected chi connectivity index (χ0v) is 14.9. The van der Waals surface area contributed by atoms with Gasteiger partial charge in [0, 0.05) is 5.56 Å². The molecular weight excluding hydrogens is 373 g/mol. The van der Waals surface area contributed by atoms with Crippen molar-refractivity contribution in [2.75, 3.05) is 31.1 Å². The molecule has 1 atom stereocenters. The maximum atomic E-state index is 14.6. The molecule has 0 bridgehead atoms. The maximum Gasteiger partial charge on any atom is 0.414 e. The van der Waals surface area contributed by atoms with Crippen LogP contribution in [-0.2, 0) is 11.2 Å². The van der Waals surface area contributed by atoms with E-state index in [9.17, 15) is 9.18 Å². The largest absolute Gasteiger partial charge is 0.442 e. The van der Waals surface area contributed by atoms with Crippen LogP contribution in [-0.4, -0.2) is 53.6 Å². The Bertz CT molecular complexity index is 941. The first-order valence-electron chi connectivity index (χ1n) is 8.24.